The van der Waals surface area contributed by atoms with Gasteiger partial charge in [0.1, 0.15) is 5.75 Å². The first-order valence-corrected chi connectivity index (χ1v) is 6.76. The Bertz CT molecular complexity index is 311. The molecule has 0 bridgehead atoms. The van der Waals surface area contributed by atoms with E-state index < -0.39 is 0 Å². The zero-order chi connectivity index (χ0) is 12.2. The van der Waals surface area contributed by atoms with E-state index in [0.29, 0.717) is 0 Å². The average molecular weight is 285 g/mol. The molecule has 1 rings (SSSR count). The van der Waals surface area contributed by atoms with Gasteiger partial charge < -0.3 is 4.74 Å². The fourth-order valence-electron chi connectivity index (χ4n) is 1.47. The molecule has 1 aromatic carbocycles. The molecular weight excluding hydrogens is 264 g/mol. The van der Waals surface area contributed by atoms with E-state index in [1.165, 1.54) is 5.56 Å². The van der Waals surface area contributed by atoms with E-state index in [2.05, 4.69) is 55.8 Å². The van der Waals surface area contributed by atoms with Gasteiger partial charge >= 0.3 is 0 Å². The molecule has 1 aromatic rings. The van der Waals surface area contributed by atoms with Crippen LogP contribution in [0.1, 0.15) is 46.1 Å². The Kier molecular flexibility index (Phi) is 4.85. The highest BCUT2D eigenvalue weighted by Gasteiger charge is 2.13. The van der Waals surface area contributed by atoms with Crippen LogP contribution in [-0.4, -0.2) is 5.01 Å². The first kappa shape index (κ1) is 13.6. The third-order valence-electron chi connectivity index (χ3n) is 2.50. The summed E-state index contributed by atoms with van der Waals surface area (Å²) in [5.74, 6) is 0.934. The first-order chi connectivity index (χ1) is 7.43. The second kappa shape index (κ2) is 5.72. The largest absolute Gasteiger partial charge is 0.479 e. The lowest BCUT2D eigenvalue weighted by Gasteiger charge is -2.19. The summed E-state index contributed by atoms with van der Waals surface area (Å²) >= 11 is 3.51. The molecule has 0 heterocycles. The number of halogens is 1. The second-order valence-electron chi connectivity index (χ2n) is 5.09. The van der Waals surface area contributed by atoms with Gasteiger partial charge in [0.15, 0.2) is 5.01 Å². The van der Waals surface area contributed by atoms with Gasteiger partial charge in [0.25, 0.3) is 0 Å². The zero-order valence-electron chi connectivity index (χ0n) is 10.6. The molecule has 2 heteroatoms. The standard InChI is InChI=1S/C14H21BrO/c1-5-6-13(15)16-12-9-7-11(8-10-12)14(2,3)4/h7-10,13H,5-6H2,1-4H3. The summed E-state index contributed by atoms with van der Waals surface area (Å²) in [5.41, 5.74) is 1.54. The maximum absolute atomic E-state index is 5.74. The summed E-state index contributed by atoms with van der Waals surface area (Å²) in [6.45, 7) is 8.80. The zero-order valence-corrected chi connectivity index (χ0v) is 12.2. The summed E-state index contributed by atoms with van der Waals surface area (Å²) in [5, 5.41) is 0.123. The van der Waals surface area contributed by atoms with E-state index in [9.17, 15) is 0 Å². The van der Waals surface area contributed by atoms with Gasteiger partial charge in [0.05, 0.1) is 0 Å². The van der Waals surface area contributed by atoms with Crippen LogP contribution in [0.2, 0.25) is 0 Å². The van der Waals surface area contributed by atoms with Crippen LogP contribution in [0.5, 0.6) is 5.75 Å². The Morgan fingerprint density at radius 1 is 1.19 bits per heavy atom. The fraction of sp³-hybridized carbons (Fsp3) is 0.571. The van der Waals surface area contributed by atoms with Crippen LogP contribution in [0.3, 0.4) is 0 Å². The van der Waals surface area contributed by atoms with Gasteiger partial charge in [-0.15, -0.1) is 0 Å². The molecule has 0 aromatic heterocycles. The van der Waals surface area contributed by atoms with Crippen LogP contribution in [0, 0.1) is 0 Å². The molecule has 0 radical (unpaired) electrons. The fourth-order valence-corrected chi connectivity index (χ4v) is 2.14. The van der Waals surface area contributed by atoms with Crippen LogP contribution in [0.25, 0.3) is 0 Å². The smallest absolute Gasteiger partial charge is 0.153 e. The van der Waals surface area contributed by atoms with Crippen molar-refractivity contribution in [3.05, 3.63) is 29.8 Å². The highest BCUT2D eigenvalue weighted by atomic mass is 79.9. The van der Waals surface area contributed by atoms with E-state index in [0.717, 1.165) is 18.6 Å². The molecule has 0 N–H and O–H groups in total. The Morgan fingerprint density at radius 3 is 2.19 bits per heavy atom. The minimum atomic E-state index is 0.123. The van der Waals surface area contributed by atoms with Gasteiger partial charge in [-0.2, -0.15) is 0 Å². The van der Waals surface area contributed by atoms with Crippen LogP contribution in [0.15, 0.2) is 24.3 Å². The summed E-state index contributed by atoms with van der Waals surface area (Å²) in [6.07, 6.45) is 2.15. The van der Waals surface area contributed by atoms with E-state index in [-0.39, 0.29) is 10.4 Å². The Hall–Kier alpha value is -0.500. The molecule has 0 saturated heterocycles. The number of hydrogen-bond acceptors (Lipinski definition) is 1. The minimum Gasteiger partial charge on any atom is -0.479 e. The van der Waals surface area contributed by atoms with Crippen LogP contribution in [-0.2, 0) is 5.41 Å². The maximum atomic E-state index is 5.74. The lowest BCUT2D eigenvalue weighted by Crippen LogP contribution is -2.11. The van der Waals surface area contributed by atoms with Crippen LogP contribution < -0.4 is 4.74 Å². The lowest BCUT2D eigenvalue weighted by molar-refractivity contribution is 0.282. The minimum absolute atomic E-state index is 0.123. The molecule has 1 nitrogen and oxygen atoms in total. The predicted molar refractivity (Wildman–Crippen MR) is 73.4 cm³/mol. The Balaban J connectivity index is 2.65. The molecule has 0 amide bonds. The van der Waals surface area contributed by atoms with Gasteiger partial charge in [0, 0.05) is 0 Å². The normalized spacial score (nSPS) is 13.6. The molecule has 90 valence electrons. The average Bonchev–Trinajstić information content (AvgIpc) is 2.17. The van der Waals surface area contributed by atoms with E-state index in [4.69, 9.17) is 4.74 Å². The summed E-state index contributed by atoms with van der Waals surface area (Å²) in [7, 11) is 0. The topological polar surface area (TPSA) is 9.23 Å². The van der Waals surface area contributed by atoms with Crippen molar-refractivity contribution in [2.75, 3.05) is 0 Å². The Labute approximate surface area is 107 Å². The molecular formula is C14H21BrO. The van der Waals surface area contributed by atoms with Gasteiger partial charge in [-0.3, -0.25) is 0 Å². The highest BCUT2D eigenvalue weighted by molar-refractivity contribution is 9.09. The third-order valence-corrected chi connectivity index (χ3v) is 3.14. The number of hydrogen-bond donors (Lipinski definition) is 0. The molecule has 0 aliphatic heterocycles. The van der Waals surface area contributed by atoms with Gasteiger partial charge in [-0.25, -0.2) is 0 Å². The van der Waals surface area contributed by atoms with Crippen LogP contribution >= 0.6 is 15.9 Å². The number of ether oxygens (including phenoxy) is 1. The molecule has 16 heavy (non-hydrogen) atoms. The van der Waals surface area contributed by atoms with Crippen molar-refractivity contribution >= 4 is 15.9 Å². The van der Waals surface area contributed by atoms with Crippen molar-refractivity contribution in [1.29, 1.82) is 0 Å². The van der Waals surface area contributed by atoms with Crippen molar-refractivity contribution in [3.8, 4) is 5.75 Å². The first-order valence-electron chi connectivity index (χ1n) is 5.84. The van der Waals surface area contributed by atoms with Gasteiger partial charge in [-0.1, -0.05) is 46.2 Å². The molecule has 1 atom stereocenters. The van der Waals surface area contributed by atoms with Crippen molar-refractivity contribution in [1.82, 2.24) is 0 Å². The van der Waals surface area contributed by atoms with E-state index in [1.54, 1.807) is 0 Å². The third kappa shape index (κ3) is 4.17. The quantitative estimate of drug-likeness (QED) is 0.716. The molecule has 0 aliphatic rings. The molecule has 1 unspecified atom stereocenters. The van der Waals surface area contributed by atoms with Crippen molar-refractivity contribution in [2.45, 2.75) is 51.0 Å². The molecule has 0 spiro atoms. The molecule has 0 aliphatic carbocycles. The lowest BCUT2D eigenvalue weighted by atomic mass is 9.87. The monoisotopic (exact) mass is 284 g/mol. The van der Waals surface area contributed by atoms with Gasteiger partial charge in [-0.05, 0) is 45.5 Å². The van der Waals surface area contributed by atoms with E-state index in [1.807, 2.05) is 12.1 Å². The predicted octanol–water partition coefficient (Wildman–Crippen LogP) is 4.88. The van der Waals surface area contributed by atoms with Crippen molar-refractivity contribution in [3.63, 3.8) is 0 Å². The van der Waals surface area contributed by atoms with Gasteiger partial charge in [0.2, 0.25) is 0 Å². The molecule has 0 fully saturated rings. The van der Waals surface area contributed by atoms with Crippen LogP contribution in [0.4, 0.5) is 0 Å². The van der Waals surface area contributed by atoms with E-state index >= 15 is 0 Å². The highest BCUT2D eigenvalue weighted by Crippen LogP contribution is 2.25. The molecule has 0 saturated carbocycles. The number of alkyl halides is 1. The number of benzene rings is 1. The summed E-state index contributed by atoms with van der Waals surface area (Å²) in [6, 6.07) is 8.37. The van der Waals surface area contributed by atoms with Crippen molar-refractivity contribution < 1.29 is 4.74 Å². The summed E-state index contributed by atoms with van der Waals surface area (Å²) < 4.78 is 5.74. The van der Waals surface area contributed by atoms with Crippen molar-refractivity contribution in [2.24, 2.45) is 0 Å². The number of rotatable bonds is 4. The second-order valence-corrected chi connectivity index (χ2v) is 6.11. The Morgan fingerprint density at radius 2 is 1.75 bits per heavy atom. The SMILES string of the molecule is CCCC(Br)Oc1ccc(C(C)(C)C)cc1. The maximum Gasteiger partial charge on any atom is 0.153 e. The summed E-state index contributed by atoms with van der Waals surface area (Å²) in [4.78, 5) is 0.